The van der Waals surface area contributed by atoms with Crippen LogP contribution in [0, 0.1) is 5.92 Å². The molecule has 1 aliphatic heterocycles. The van der Waals surface area contributed by atoms with Gasteiger partial charge in [0.05, 0.1) is 11.7 Å². The molecule has 1 fully saturated rings. The normalized spacial score (nSPS) is 17.8. The summed E-state index contributed by atoms with van der Waals surface area (Å²) in [6.07, 6.45) is 4.73. The Labute approximate surface area is 177 Å². The maximum absolute atomic E-state index is 12.8. The molecule has 0 unspecified atom stereocenters. The molecule has 0 bridgehead atoms. The third-order valence-corrected chi connectivity index (χ3v) is 7.84. The molecule has 0 aliphatic carbocycles. The molecule has 1 atom stereocenters. The first-order valence-corrected chi connectivity index (χ1v) is 12.8. The lowest BCUT2D eigenvalue weighted by atomic mass is 9.99. The Kier molecular flexibility index (Phi) is 7.75. The Morgan fingerprint density at radius 3 is 2.72 bits per heavy atom. The molecule has 1 aliphatic rings. The Bertz CT molecular complexity index is 917. The highest BCUT2D eigenvalue weighted by Gasteiger charge is 2.32. The maximum Gasteiger partial charge on any atom is 0.228 e. The van der Waals surface area contributed by atoms with E-state index >= 15 is 0 Å². The van der Waals surface area contributed by atoms with E-state index in [9.17, 15) is 13.2 Å². The van der Waals surface area contributed by atoms with E-state index < -0.39 is 10.0 Å². The summed E-state index contributed by atoms with van der Waals surface area (Å²) in [7, 11) is -3.35. The van der Waals surface area contributed by atoms with Gasteiger partial charge in [0.15, 0.2) is 0 Å². The van der Waals surface area contributed by atoms with Gasteiger partial charge >= 0.3 is 0 Å². The van der Waals surface area contributed by atoms with E-state index in [4.69, 9.17) is 0 Å². The second-order valence-corrected chi connectivity index (χ2v) is 10.3. The first-order valence-electron chi connectivity index (χ1n) is 9.94. The molecule has 1 heterocycles. The summed E-state index contributed by atoms with van der Waals surface area (Å²) in [6, 6.07) is 17.6. The smallest absolute Gasteiger partial charge is 0.228 e. The molecule has 1 saturated heterocycles. The molecule has 29 heavy (non-hydrogen) atoms. The molecule has 2 aromatic carbocycles. The summed E-state index contributed by atoms with van der Waals surface area (Å²) >= 11 is 1.62. The van der Waals surface area contributed by atoms with Gasteiger partial charge in [-0.2, -0.15) is 0 Å². The minimum Gasteiger partial charge on any atom is -0.326 e. The largest absolute Gasteiger partial charge is 0.326 e. The van der Waals surface area contributed by atoms with Gasteiger partial charge < -0.3 is 5.32 Å². The molecule has 1 amide bonds. The lowest BCUT2D eigenvalue weighted by molar-refractivity contribution is -0.120. The molecule has 0 spiro atoms. The first kappa shape index (κ1) is 21.9. The lowest BCUT2D eigenvalue weighted by Gasteiger charge is -2.31. The van der Waals surface area contributed by atoms with E-state index in [2.05, 4.69) is 5.32 Å². The number of aryl methyl sites for hydroxylation is 1. The van der Waals surface area contributed by atoms with Gasteiger partial charge in [-0.3, -0.25) is 4.79 Å². The van der Waals surface area contributed by atoms with Crippen LogP contribution in [0.3, 0.4) is 0 Å². The summed E-state index contributed by atoms with van der Waals surface area (Å²) in [5, 5.41) is 2.95. The fourth-order valence-electron chi connectivity index (χ4n) is 3.59. The fourth-order valence-corrected chi connectivity index (χ4v) is 5.63. The first-order chi connectivity index (χ1) is 14.0. The average Bonchev–Trinajstić information content (AvgIpc) is 2.74. The summed E-state index contributed by atoms with van der Waals surface area (Å²) in [6.45, 7) is 0.765. The number of sulfonamides is 1. The Morgan fingerprint density at radius 1 is 1.17 bits per heavy atom. The number of nitrogens with one attached hydrogen (secondary N) is 1. The summed E-state index contributed by atoms with van der Waals surface area (Å²) in [4.78, 5) is 13.8. The molecular formula is C22H28N2O3S2. The number of carbonyl (C=O) groups is 1. The zero-order valence-corrected chi connectivity index (χ0v) is 18.3. The second kappa shape index (κ2) is 10.3. The highest BCUT2D eigenvalue weighted by atomic mass is 32.2. The monoisotopic (exact) mass is 432 g/mol. The van der Waals surface area contributed by atoms with Crippen molar-refractivity contribution in [3.8, 4) is 0 Å². The van der Waals surface area contributed by atoms with Crippen LogP contribution < -0.4 is 5.32 Å². The van der Waals surface area contributed by atoms with Crippen LogP contribution in [-0.4, -0.2) is 43.7 Å². The average molecular weight is 433 g/mol. The Hall–Kier alpha value is -1.83. The number of nitrogens with zero attached hydrogens (tertiary/aromatic N) is 1. The van der Waals surface area contributed by atoms with Crippen LogP contribution in [0.2, 0.25) is 0 Å². The number of hydrogen-bond acceptors (Lipinski definition) is 4. The summed E-state index contributed by atoms with van der Waals surface area (Å²) in [5.74, 6) is -0.301. The minimum atomic E-state index is -3.35. The molecule has 0 radical (unpaired) electrons. The van der Waals surface area contributed by atoms with Crippen LogP contribution in [0.1, 0.15) is 24.8 Å². The number of benzene rings is 2. The number of piperidine rings is 1. The lowest BCUT2D eigenvalue weighted by Crippen LogP contribution is -2.44. The molecule has 156 valence electrons. The van der Waals surface area contributed by atoms with E-state index in [1.807, 2.05) is 60.9 Å². The van der Waals surface area contributed by atoms with Crippen molar-refractivity contribution in [3.63, 3.8) is 0 Å². The van der Waals surface area contributed by atoms with Gasteiger partial charge in [0, 0.05) is 23.7 Å². The number of anilines is 1. The summed E-state index contributed by atoms with van der Waals surface area (Å²) < 4.78 is 27.1. The maximum atomic E-state index is 12.8. The van der Waals surface area contributed by atoms with Crippen LogP contribution in [0.4, 0.5) is 5.69 Å². The molecule has 7 heteroatoms. The van der Waals surface area contributed by atoms with Gasteiger partial charge in [-0.25, -0.2) is 12.7 Å². The van der Waals surface area contributed by atoms with Crippen LogP contribution in [-0.2, 0) is 21.2 Å². The van der Waals surface area contributed by atoms with Gasteiger partial charge in [-0.15, -0.1) is 11.8 Å². The molecule has 0 aromatic heterocycles. The topological polar surface area (TPSA) is 66.5 Å². The van der Waals surface area contributed by atoms with Crippen molar-refractivity contribution >= 4 is 33.4 Å². The number of hydrogen-bond donors (Lipinski definition) is 1. The van der Waals surface area contributed by atoms with E-state index in [-0.39, 0.29) is 24.1 Å². The Morgan fingerprint density at radius 2 is 1.97 bits per heavy atom. The van der Waals surface area contributed by atoms with E-state index in [1.165, 1.54) is 4.31 Å². The van der Waals surface area contributed by atoms with Gasteiger partial charge in [-0.05, 0) is 55.7 Å². The highest BCUT2D eigenvalue weighted by molar-refractivity contribution is 7.98. The van der Waals surface area contributed by atoms with E-state index in [0.717, 1.165) is 22.6 Å². The number of thioether (sulfide) groups is 1. The zero-order valence-electron chi connectivity index (χ0n) is 16.7. The minimum absolute atomic E-state index is 0.104. The Balaban J connectivity index is 1.55. The second-order valence-electron chi connectivity index (χ2n) is 7.32. The van der Waals surface area contributed by atoms with Gasteiger partial charge in [0.1, 0.15) is 0 Å². The van der Waals surface area contributed by atoms with Crippen LogP contribution in [0.5, 0.6) is 0 Å². The third-order valence-electron chi connectivity index (χ3n) is 5.20. The molecular weight excluding hydrogens is 404 g/mol. The number of rotatable bonds is 8. The van der Waals surface area contributed by atoms with Crippen LogP contribution >= 0.6 is 11.8 Å². The zero-order chi connectivity index (χ0) is 20.7. The molecule has 1 N–H and O–H groups in total. The van der Waals surface area contributed by atoms with Crippen molar-refractivity contribution in [3.05, 3.63) is 60.2 Å². The van der Waals surface area contributed by atoms with Crippen molar-refractivity contribution in [2.45, 2.75) is 30.6 Å². The standard InChI is InChI=1S/C22H28N2O3S2/c1-28-21-13-5-12-20(16-21)23-22(25)19-11-6-14-24(17-19)29(26,27)15-7-10-18-8-3-2-4-9-18/h2-5,8-9,12-13,16,19H,6-7,10-11,14-15,17H2,1H3,(H,23,25)/t19-/m1/s1. The van der Waals surface area contributed by atoms with Crippen molar-refractivity contribution in [1.82, 2.24) is 4.31 Å². The predicted molar refractivity (Wildman–Crippen MR) is 120 cm³/mol. The van der Waals surface area contributed by atoms with Crippen molar-refractivity contribution in [2.75, 3.05) is 30.4 Å². The molecule has 0 saturated carbocycles. The molecule has 5 nitrogen and oxygen atoms in total. The van der Waals surface area contributed by atoms with Crippen LogP contribution in [0.25, 0.3) is 0 Å². The predicted octanol–water partition coefficient (Wildman–Crippen LogP) is 4.02. The van der Waals surface area contributed by atoms with Crippen molar-refractivity contribution in [1.29, 1.82) is 0 Å². The fraction of sp³-hybridized carbons (Fsp3) is 0.409. The van der Waals surface area contributed by atoms with Gasteiger partial charge in [0.25, 0.3) is 0 Å². The number of amides is 1. The molecule has 2 aromatic rings. The van der Waals surface area contributed by atoms with Gasteiger partial charge in [0.2, 0.25) is 15.9 Å². The SMILES string of the molecule is CSc1cccc(NC(=O)[C@@H]2CCCN(S(=O)(=O)CCCc3ccccc3)C2)c1. The van der Waals surface area contributed by atoms with Gasteiger partial charge in [-0.1, -0.05) is 36.4 Å². The van der Waals surface area contributed by atoms with Crippen molar-refractivity contribution < 1.29 is 13.2 Å². The van der Waals surface area contributed by atoms with E-state index in [0.29, 0.717) is 25.8 Å². The third kappa shape index (κ3) is 6.32. The van der Waals surface area contributed by atoms with E-state index in [1.54, 1.807) is 11.8 Å². The highest BCUT2D eigenvalue weighted by Crippen LogP contribution is 2.23. The number of carbonyl (C=O) groups excluding carboxylic acids is 1. The summed E-state index contributed by atoms with van der Waals surface area (Å²) in [5.41, 5.74) is 1.90. The van der Waals surface area contributed by atoms with Crippen molar-refractivity contribution in [2.24, 2.45) is 5.92 Å². The quantitative estimate of drug-likeness (QED) is 0.640. The molecule has 3 rings (SSSR count). The van der Waals surface area contributed by atoms with Crippen LogP contribution in [0.15, 0.2) is 59.5 Å².